The molecule has 126 valence electrons. The third-order valence-electron chi connectivity index (χ3n) is 3.91. The maximum atomic E-state index is 13.1. The third kappa shape index (κ3) is 4.98. The fourth-order valence-corrected chi connectivity index (χ4v) is 2.44. The number of halogens is 1. The zero-order valence-corrected chi connectivity index (χ0v) is 13.9. The second-order valence-electron chi connectivity index (χ2n) is 6.36. The molecule has 2 unspecified atom stereocenters. The predicted octanol–water partition coefficient (Wildman–Crippen LogP) is 3.45. The lowest BCUT2D eigenvalue weighted by Gasteiger charge is -2.25. The number of carbonyl (C=O) groups excluding carboxylic acids is 2. The first kappa shape index (κ1) is 19.0. The number of aliphatic carboxylic acids is 1. The van der Waals surface area contributed by atoms with Crippen LogP contribution in [0, 0.1) is 23.6 Å². The van der Waals surface area contributed by atoms with Gasteiger partial charge in [0, 0.05) is 24.2 Å². The zero-order valence-electron chi connectivity index (χ0n) is 13.9. The van der Waals surface area contributed by atoms with Crippen molar-refractivity contribution < 1.29 is 23.9 Å². The number of hydrogen-bond donors (Lipinski definition) is 1. The quantitative estimate of drug-likeness (QED) is 0.744. The van der Waals surface area contributed by atoms with E-state index < -0.39 is 35.3 Å². The van der Waals surface area contributed by atoms with Gasteiger partial charge in [-0.3, -0.25) is 14.4 Å². The van der Waals surface area contributed by atoms with Crippen LogP contribution in [-0.4, -0.2) is 22.6 Å². The highest BCUT2D eigenvalue weighted by Crippen LogP contribution is 2.32. The molecule has 0 saturated carbocycles. The van der Waals surface area contributed by atoms with Gasteiger partial charge in [-0.05, 0) is 17.7 Å². The number of benzene rings is 1. The summed E-state index contributed by atoms with van der Waals surface area (Å²) in [6.45, 7) is 6.71. The molecule has 5 heteroatoms. The Morgan fingerprint density at radius 3 is 1.91 bits per heavy atom. The highest BCUT2D eigenvalue weighted by Gasteiger charge is 2.38. The lowest BCUT2D eigenvalue weighted by atomic mass is 9.76. The topological polar surface area (TPSA) is 71.4 Å². The van der Waals surface area contributed by atoms with E-state index >= 15 is 0 Å². The first-order valence-corrected chi connectivity index (χ1v) is 7.69. The van der Waals surface area contributed by atoms with Gasteiger partial charge in [0.2, 0.25) is 0 Å². The first-order valence-electron chi connectivity index (χ1n) is 7.69. The molecule has 4 nitrogen and oxygen atoms in total. The number of carboxylic acids is 1. The highest BCUT2D eigenvalue weighted by atomic mass is 19.1. The van der Waals surface area contributed by atoms with E-state index in [-0.39, 0.29) is 18.1 Å². The summed E-state index contributed by atoms with van der Waals surface area (Å²) in [5.41, 5.74) is 0.488. The minimum absolute atomic E-state index is 0.0568. The molecule has 0 aliphatic rings. The summed E-state index contributed by atoms with van der Waals surface area (Å²) in [5, 5.41) is 9.52. The van der Waals surface area contributed by atoms with E-state index in [1.807, 2.05) is 0 Å². The van der Waals surface area contributed by atoms with Gasteiger partial charge in [0.15, 0.2) is 0 Å². The molecule has 0 fully saturated rings. The maximum Gasteiger partial charge on any atom is 0.314 e. The van der Waals surface area contributed by atoms with Crippen LogP contribution in [-0.2, 0) is 14.4 Å². The molecule has 0 radical (unpaired) electrons. The first-order chi connectivity index (χ1) is 10.6. The van der Waals surface area contributed by atoms with Crippen LogP contribution in [0.3, 0.4) is 0 Å². The Labute approximate surface area is 135 Å². The highest BCUT2D eigenvalue weighted by molar-refractivity contribution is 6.00. The van der Waals surface area contributed by atoms with Gasteiger partial charge in [-0.1, -0.05) is 39.8 Å². The van der Waals surface area contributed by atoms with Gasteiger partial charge in [-0.15, -0.1) is 0 Å². The van der Waals surface area contributed by atoms with Crippen molar-refractivity contribution in [2.75, 3.05) is 0 Å². The van der Waals surface area contributed by atoms with E-state index in [0.29, 0.717) is 5.56 Å². The zero-order chi connectivity index (χ0) is 17.7. The van der Waals surface area contributed by atoms with Crippen LogP contribution < -0.4 is 0 Å². The van der Waals surface area contributed by atoms with E-state index in [0.717, 1.165) is 0 Å². The Balaban J connectivity index is 3.30. The molecule has 0 saturated heterocycles. The van der Waals surface area contributed by atoms with Crippen LogP contribution in [0.5, 0.6) is 0 Å². The van der Waals surface area contributed by atoms with Gasteiger partial charge < -0.3 is 5.11 Å². The Morgan fingerprint density at radius 1 is 1.00 bits per heavy atom. The van der Waals surface area contributed by atoms with E-state index in [1.54, 1.807) is 27.7 Å². The monoisotopic (exact) mass is 322 g/mol. The molecule has 1 rings (SSSR count). The molecule has 0 aliphatic heterocycles. The molecule has 1 aromatic carbocycles. The molecule has 1 aromatic rings. The molecule has 0 heterocycles. The standard InChI is InChI=1S/C18H23FO4/c1-10(2)15(20)9-14(12-5-7-13(19)8-6-12)16(18(22)23)17(21)11(3)4/h5-8,10-11,14,16H,9H2,1-4H3,(H,22,23). The summed E-state index contributed by atoms with van der Waals surface area (Å²) in [7, 11) is 0. The molecule has 0 aromatic heterocycles. The summed E-state index contributed by atoms with van der Waals surface area (Å²) < 4.78 is 13.1. The predicted molar refractivity (Wildman–Crippen MR) is 84.6 cm³/mol. The van der Waals surface area contributed by atoms with Crippen LogP contribution in [0.1, 0.15) is 45.6 Å². The van der Waals surface area contributed by atoms with Gasteiger partial charge in [0.25, 0.3) is 0 Å². The molecular formula is C18H23FO4. The van der Waals surface area contributed by atoms with Crippen LogP contribution in [0.25, 0.3) is 0 Å². The Hall–Kier alpha value is -2.04. The number of ketones is 2. The lowest BCUT2D eigenvalue weighted by molar-refractivity contribution is -0.148. The van der Waals surface area contributed by atoms with Crippen molar-refractivity contribution in [2.45, 2.75) is 40.0 Å². The van der Waals surface area contributed by atoms with Crippen molar-refractivity contribution in [3.63, 3.8) is 0 Å². The lowest BCUT2D eigenvalue weighted by Crippen LogP contribution is -2.34. The normalized spacial score (nSPS) is 13.9. The van der Waals surface area contributed by atoms with E-state index in [9.17, 15) is 23.9 Å². The Bertz CT molecular complexity index is 575. The van der Waals surface area contributed by atoms with Gasteiger partial charge in [0.1, 0.15) is 23.3 Å². The van der Waals surface area contributed by atoms with Crippen molar-refractivity contribution in [1.29, 1.82) is 0 Å². The van der Waals surface area contributed by atoms with Gasteiger partial charge >= 0.3 is 5.97 Å². The number of carboxylic acid groups (broad SMARTS) is 1. The average Bonchev–Trinajstić information content (AvgIpc) is 2.46. The third-order valence-corrected chi connectivity index (χ3v) is 3.91. The molecule has 1 N–H and O–H groups in total. The van der Waals surface area contributed by atoms with E-state index in [4.69, 9.17) is 0 Å². The molecular weight excluding hydrogens is 299 g/mol. The number of carbonyl (C=O) groups is 3. The van der Waals surface area contributed by atoms with Crippen molar-refractivity contribution in [3.05, 3.63) is 35.6 Å². The number of hydrogen-bond acceptors (Lipinski definition) is 3. The SMILES string of the molecule is CC(C)C(=O)CC(c1ccc(F)cc1)C(C(=O)O)C(=O)C(C)C. The average molecular weight is 322 g/mol. The molecule has 23 heavy (non-hydrogen) atoms. The van der Waals surface area contributed by atoms with Crippen LogP contribution in [0.4, 0.5) is 4.39 Å². The molecule has 0 amide bonds. The summed E-state index contributed by atoms with van der Waals surface area (Å²) in [4.78, 5) is 36.2. The summed E-state index contributed by atoms with van der Waals surface area (Å²) >= 11 is 0. The van der Waals surface area contributed by atoms with Crippen molar-refractivity contribution in [1.82, 2.24) is 0 Å². The van der Waals surface area contributed by atoms with Gasteiger partial charge in [0.05, 0.1) is 0 Å². The van der Waals surface area contributed by atoms with Gasteiger partial charge in [-0.25, -0.2) is 4.39 Å². The Kier molecular flexibility index (Phi) is 6.61. The van der Waals surface area contributed by atoms with E-state index in [1.165, 1.54) is 24.3 Å². The van der Waals surface area contributed by atoms with Crippen molar-refractivity contribution in [3.8, 4) is 0 Å². The number of rotatable bonds is 8. The second-order valence-corrected chi connectivity index (χ2v) is 6.36. The fraction of sp³-hybridized carbons (Fsp3) is 0.500. The fourth-order valence-electron chi connectivity index (χ4n) is 2.44. The molecule has 2 atom stereocenters. The molecule has 0 aliphatic carbocycles. The van der Waals surface area contributed by atoms with Crippen LogP contribution in [0.2, 0.25) is 0 Å². The van der Waals surface area contributed by atoms with Crippen LogP contribution >= 0.6 is 0 Å². The summed E-state index contributed by atoms with van der Waals surface area (Å²) in [6.07, 6.45) is -0.0568. The van der Waals surface area contributed by atoms with Crippen molar-refractivity contribution in [2.24, 2.45) is 17.8 Å². The maximum absolute atomic E-state index is 13.1. The minimum atomic E-state index is -1.32. The molecule has 0 bridgehead atoms. The van der Waals surface area contributed by atoms with Crippen LogP contribution in [0.15, 0.2) is 24.3 Å². The van der Waals surface area contributed by atoms with Gasteiger partial charge in [-0.2, -0.15) is 0 Å². The van der Waals surface area contributed by atoms with Crippen molar-refractivity contribution >= 4 is 17.5 Å². The molecule has 0 spiro atoms. The summed E-state index contributed by atoms with van der Waals surface area (Å²) in [6, 6.07) is 5.30. The number of Topliss-reactive ketones (excluding diaryl/α,β-unsaturated/α-hetero) is 2. The Morgan fingerprint density at radius 2 is 1.52 bits per heavy atom. The largest absolute Gasteiger partial charge is 0.481 e. The second kappa shape index (κ2) is 7.99. The smallest absolute Gasteiger partial charge is 0.314 e. The van der Waals surface area contributed by atoms with E-state index in [2.05, 4.69) is 0 Å². The minimum Gasteiger partial charge on any atom is -0.481 e. The summed E-state index contributed by atoms with van der Waals surface area (Å²) in [5.74, 6) is -5.10.